The first kappa shape index (κ1) is 22.4. The number of benzene rings is 6. The van der Waals surface area contributed by atoms with E-state index in [-0.39, 0.29) is 0 Å². The van der Waals surface area contributed by atoms with E-state index in [0.717, 1.165) is 0 Å². The second-order valence-electron chi connectivity index (χ2n) is 9.77. The van der Waals surface area contributed by atoms with Crippen molar-refractivity contribution in [1.29, 1.82) is 0 Å². The zero-order valence-electron chi connectivity index (χ0n) is 20.8. The normalized spacial score (nSPS) is 13.6. The molecule has 0 amide bonds. The summed E-state index contributed by atoms with van der Waals surface area (Å²) in [6.45, 7) is 0. The molecule has 0 unspecified atom stereocenters. The van der Waals surface area contributed by atoms with Gasteiger partial charge in [0.05, 0.1) is 0 Å². The Morgan fingerprint density at radius 3 is 0.553 bits per heavy atom. The summed E-state index contributed by atoms with van der Waals surface area (Å²) in [5.74, 6) is 0. The molecule has 0 aliphatic carbocycles. The molecular formula is C36H24As2. The van der Waals surface area contributed by atoms with E-state index >= 15 is 0 Å². The molecule has 178 valence electrons. The zero-order chi connectivity index (χ0) is 25.1. The van der Waals surface area contributed by atoms with Gasteiger partial charge in [-0.1, -0.05) is 0 Å². The predicted molar refractivity (Wildman–Crippen MR) is 165 cm³/mol. The van der Waals surface area contributed by atoms with Gasteiger partial charge in [0.2, 0.25) is 0 Å². The molecule has 2 aliphatic heterocycles. The monoisotopic (exact) mass is 606 g/mol. The third-order valence-corrected chi connectivity index (χ3v) is 18.7. The van der Waals surface area contributed by atoms with Gasteiger partial charge in [-0.15, -0.1) is 0 Å². The molecular weight excluding hydrogens is 582 g/mol. The van der Waals surface area contributed by atoms with Crippen LogP contribution in [-0.2, 0) is 0 Å². The van der Waals surface area contributed by atoms with E-state index in [1.54, 1.807) is 26.1 Å². The van der Waals surface area contributed by atoms with Crippen LogP contribution in [0.2, 0.25) is 0 Å². The van der Waals surface area contributed by atoms with E-state index < -0.39 is 29.3 Å². The van der Waals surface area contributed by atoms with Crippen LogP contribution in [0.25, 0.3) is 33.4 Å². The Hall–Kier alpha value is -3.56. The first-order chi connectivity index (χ1) is 18.9. The van der Waals surface area contributed by atoms with Gasteiger partial charge in [-0.3, -0.25) is 0 Å². The summed E-state index contributed by atoms with van der Waals surface area (Å²) in [6.07, 6.45) is 0. The molecule has 0 atom stereocenters. The molecule has 0 bridgehead atoms. The molecule has 2 heterocycles. The van der Waals surface area contributed by atoms with Gasteiger partial charge in [0.1, 0.15) is 0 Å². The van der Waals surface area contributed by atoms with Crippen LogP contribution in [0.1, 0.15) is 0 Å². The molecule has 8 rings (SSSR count). The van der Waals surface area contributed by atoms with E-state index in [1.165, 1.54) is 33.4 Å². The Kier molecular flexibility index (Phi) is 5.33. The molecule has 0 N–H and O–H groups in total. The van der Waals surface area contributed by atoms with Crippen molar-refractivity contribution in [2.24, 2.45) is 0 Å². The van der Waals surface area contributed by atoms with Crippen LogP contribution < -0.4 is 26.1 Å². The number of hydrogen-bond donors (Lipinski definition) is 0. The van der Waals surface area contributed by atoms with Gasteiger partial charge >= 0.3 is 234 Å². The van der Waals surface area contributed by atoms with Crippen molar-refractivity contribution in [2.75, 3.05) is 0 Å². The van der Waals surface area contributed by atoms with Crippen molar-refractivity contribution >= 4 is 55.4 Å². The molecule has 0 aromatic heterocycles. The van der Waals surface area contributed by atoms with Crippen molar-refractivity contribution in [1.82, 2.24) is 0 Å². The van der Waals surface area contributed by atoms with Crippen LogP contribution in [-0.4, -0.2) is 29.3 Å². The molecule has 6 aromatic carbocycles. The van der Waals surface area contributed by atoms with Crippen LogP contribution >= 0.6 is 0 Å². The van der Waals surface area contributed by atoms with Crippen LogP contribution in [0.4, 0.5) is 0 Å². The van der Waals surface area contributed by atoms with Crippen LogP contribution in [0.3, 0.4) is 0 Å². The van der Waals surface area contributed by atoms with Gasteiger partial charge < -0.3 is 0 Å². The Bertz CT molecular complexity index is 1620. The first-order valence-corrected chi connectivity index (χ1v) is 18.7. The number of hydrogen-bond acceptors (Lipinski definition) is 0. The molecule has 0 fully saturated rings. The van der Waals surface area contributed by atoms with Gasteiger partial charge in [-0.25, -0.2) is 0 Å². The second kappa shape index (κ2) is 9.02. The van der Waals surface area contributed by atoms with E-state index in [9.17, 15) is 0 Å². The zero-order valence-corrected chi connectivity index (χ0v) is 24.5. The van der Waals surface area contributed by atoms with Gasteiger partial charge in [0, 0.05) is 0 Å². The molecule has 38 heavy (non-hydrogen) atoms. The van der Waals surface area contributed by atoms with Crippen molar-refractivity contribution in [3.8, 4) is 33.4 Å². The van der Waals surface area contributed by atoms with Crippen molar-refractivity contribution in [3.63, 3.8) is 0 Å². The summed E-state index contributed by atoms with van der Waals surface area (Å²) in [5.41, 5.74) is 8.57. The average molecular weight is 606 g/mol. The van der Waals surface area contributed by atoms with E-state index in [2.05, 4.69) is 146 Å². The van der Waals surface area contributed by atoms with Crippen molar-refractivity contribution < 1.29 is 0 Å². The van der Waals surface area contributed by atoms with Gasteiger partial charge in [-0.2, -0.15) is 0 Å². The molecule has 2 aliphatic rings. The summed E-state index contributed by atoms with van der Waals surface area (Å²) in [4.78, 5) is 0. The molecule has 0 nitrogen and oxygen atoms in total. The van der Waals surface area contributed by atoms with Gasteiger partial charge in [0.25, 0.3) is 0 Å². The quantitative estimate of drug-likeness (QED) is 0.263. The van der Waals surface area contributed by atoms with Crippen molar-refractivity contribution in [3.05, 3.63) is 146 Å². The Labute approximate surface area is 233 Å². The SMILES string of the molecule is c1ccc2c(c1)-c1ccccc1[As]2c1ccccc1-c1ccccc1[As]1c2ccccc2-c2ccccc21. The summed E-state index contributed by atoms with van der Waals surface area (Å²) in [7, 11) is 0. The summed E-state index contributed by atoms with van der Waals surface area (Å²) < 4.78 is 9.31. The Balaban J connectivity index is 1.36. The number of fused-ring (bicyclic) bond motifs is 6. The predicted octanol–water partition coefficient (Wildman–Crippen LogP) is 4.35. The fraction of sp³-hybridized carbons (Fsp3) is 0. The van der Waals surface area contributed by atoms with E-state index in [1.807, 2.05) is 0 Å². The first-order valence-electron chi connectivity index (χ1n) is 13.1. The third kappa shape index (κ3) is 3.31. The average Bonchev–Trinajstić information content (AvgIpc) is 3.50. The summed E-state index contributed by atoms with van der Waals surface area (Å²) in [5, 5.41) is 0. The fourth-order valence-corrected chi connectivity index (χ4v) is 17.9. The third-order valence-electron chi connectivity index (χ3n) is 7.74. The number of rotatable bonds is 3. The second-order valence-corrected chi connectivity index (χ2v) is 18.7. The molecule has 6 aromatic rings. The molecule has 2 heteroatoms. The Morgan fingerprint density at radius 2 is 0.368 bits per heavy atom. The summed E-state index contributed by atoms with van der Waals surface area (Å²) >= 11 is -3.42. The molecule has 0 saturated carbocycles. The van der Waals surface area contributed by atoms with Gasteiger partial charge in [-0.05, 0) is 0 Å². The van der Waals surface area contributed by atoms with Crippen LogP contribution in [0.5, 0.6) is 0 Å². The fourth-order valence-electron chi connectivity index (χ4n) is 6.16. The molecule has 0 radical (unpaired) electrons. The van der Waals surface area contributed by atoms with Crippen LogP contribution in [0, 0.1) is 0 Å². The van der Waals surface area contributed by atoms with E-state index in [4.69, 9.17) is 0 Å². The van der Waals surface area contributed by atoms with Crippen LogP contribution in [0.15, 0.2) is 146 Å². The maximum atomic E-state index is 2.42. The topological polar surface area (TPSA) is 0 Å². The Morgan fingerprint density at radius 1 is 0.211 bits per heavy atom. The molecule has 0 spiro atoms. The minimum atomic E-state index is -1.71. The maximum absolute atomic E-state index is 2.42. The standard InChI is InChI=1S/C36H24As2/c1-7-19-31-25(13-1)26-14-2-8-20-32(26)37(31)35-23-11-5-17-29(35)30-18-6-12-24-36(30)38-33-21-9-3-15-27(33)28-16-4-10-22-34(28)38/h1-24H. The van der Waals surface area contributed by atoms with E-state index in [0.29, 0.717) is 0 Å². The molecule has 0 saturated heterocycles. The summed E-state index contributed by atoms with van der Waals surface area (Å²) in [6, 6.07) is 55.0. The minimum absolute atomic E-state index is 1.42. The van der Waals surface area contributed by atoms with Crippen molar-refractivity contribution in [2.45, 2.75) is 0 Å². The van der Waals surface area contributed by atoms with Gasteiger partial charge in [0.15, 0.2) is 0 Å².